The number of β-amino-alcohol motifs (C(OH)–C–C–N with tert-alkyl or cyclic N) is 1. The maximum absolute atomic E-state index is 14.9. The van der Waals surface area contributed by atoms with Crippen molar-refractivity contribution in [2.45, 2.75) is 24.7 Å². The molecule has 2 N–H and O–H groups in total. The zero-order valence-corrected chi connectivity index (χ0v) is 21.5. The highest BCUT2D eigenvalue weighted by atomic mass is 35.5. The van der Waals surface area contributed by atoms with Gasteiger partial charge in [0.05, 0.1) is 11.5 Å². The molecule has 5 rings (SSSR count). The second-order valence-corrected chi connectivity index (χ2v) is 9.77. The largest absolute Gasteiger partial charge is 0.412 e. The topological polar surface area (TPSA) is 87.5 Å². The molecule has 214 valence electrons. The number of aliphatic hydroxyl groups excluding tert-OH is 1. The van der Waals surface area contributed by atoms with Crippen LogP contribution >= 0.6 is 11.6 Å². The molecule has 4 aromatic rings. The van der Waals surface area contributed by atoms with Gasteiger partial charge < -0.3 is 15.3 Å². The SMILES string of the molecule is O=C(NC(c1ccccc1Cl)C(F)(F)F)c1cn(-c2c(F)cc(F)cc2F)c2nc(N3CCC(O)C3)ccc2c1=O. The van der Waals surface area contributed by atoms with E-state index in [1.54, 1.807) is 10.2 Å². The Kier molecular flexibility index (Phi) is 7.43. The number of nitrogens with one attached hydrogen (secondary N) is 1. The first-order valence-corrected chi connectivity index (χ1v) is 12.5. The summed E-state index contributed by atoms with van der Waals surface area (Å²) < 4.78 is 86.2. The third-order valence-electron chi connectivity index (χ3n) is 6.61. The Labute approximate surface area is 232 Å². The first-order chi connectivity index (χ1) is 19.3. The summed E-state index contributed by atoms with van der Waals surface area (Å²) in [5.41, 5.74) is -3.74. The summed E-state index contributed by atoms with van der Waals surface area (Å²) in [5, 5.41) is 11.0. The zero-order chi connectivity index (χ0) is 29.6. The molecule has 2 aromatic carbocycles. The highest BCUT2D eigenvalue weighted by Crippen LogP contribution is 2.36. The second-order valence-electron chi connectivity index (χ2n) is 9.36. The number of rotatable bonds is 5. The van der Waals surface area contributed by atoms with Crippen molar-refractivity contribution in [3.63, 3.8) is 0 Å². The summed E-state index contributed by atoms with van der Waals surface area (Å²) in [7, 11) is 0. The number of amides is 1. The van der Waals surface area contributed by atoms with E-state index in [-0.39, 0.29) is 28.4 Å². The van der Waals surface area contributed by atoms with E-state index in [1.165, 1.54) is 30.3 Å². The number of alkyl halides is 3. The van der Waals surface area contributed by atoms with E-state index in [9.17, 15) is 41.0 Å². The molecule has 2 atom stereocenters. The zero-order valence-electron chi connectivity index (χ0n) is 20.7. The molecule has 1 aliphatic rings. The van der Waals surface area contributed by atoms with Crippen LogP contribution < -0.4 is 15.6 Å². The van der Waals surface area contributed by atoms with Gasteiger partial charge in [0.2, 0.25) is 5.43 Å². The van der Waals surface area contributed by atoms with Gasteiger partial charge >= 0.3 is 6.18 Å². The number of anilines is 1. The Morgan fingerprint density at radius 2 is 1.78 bits per heavy atom. The summed E-state index contributed by atoms with van der Waals surface area (Å²) in [4.78, 5) is 32.5. The van der Waals surface area contributed by atoms with Crippen LogP contribution in [-0.4, -0.2) is 45.9 Å². The van der Waals surface area contributed by atoms with Crippen LogP contribution in [0.1, 0.15) is 28.4 Å². The van der Waals surface area contributed by atoms with E-state index in [0.717, 1.165) is 6.07 Å². The van der Waals surface area contributed by atoms with E-state index >= 15 is 0 Å². The van der Waals surface area contributed by atoms with Gasteiger partial charge in [0.1, 0.15) is 22.9 Å². The first-order valence-electron chi connectivity index (χ1n) is 12.1. The van der Waals surface area contributed by atoms with Crippen molar-refractivity contribution in [2.24, 2.45) is 0 Å². The summed E-state index contributed by atoms with van der Waals surface area (Å²) in [5.74, 6) is -5.39. The Morgan fingerprint density at radius 3 is 2.39 bits per heavy atom. The lowest BCUT2D eigenvalue weighted by Gasteiger charge is -2.23. The number of carbonyl (C=O) groups excluding carboxylic acids is 1. The predicted molar refractivity (Wildman–Crippen MR) is 138 cm³/mol. The molecule has 2 unspecified atom stereocenters. The molecule has 2 aromatic heterocycles. The number of nitrogens with zero attached hydrogens (tertiary/aromatic N) is 3. The average Bonchev–Trinajstić information content (AvgIpc) is 3.33. The van der Waals surface area contributed by atoms with Crippen molar-refractivity contribution in [3.05, 3.63) is 98.6 Å². The van der Waals surface area contributed by atoms with Crippen LogP contribution in [0, 0.1) is 17.5 Å². The van der Waals surface area contributed by atoms with Gasteiger partial charge in [-0.25, -0.2) is 18.2 Å². The van der Waals surface area contributed by atoms with Gasteiger partial charge in [-0.15, -0.1) is 0 Å². The quantitative estimate of drug-likeness (QED) is 0.315. The fourth-order valence-corrected chi connectivity index (χ4v) is 4.91. The average molecular weight is 597 g/mol. The van der Waals surface area contributed by atoms with E-state index in [2.05, 4.69) is 4.98 Å². The number of aliphatic hydroxyl groups is 1. The molecule has 41 heavy (non-hydrogen) atoms. The smallest absolute Gasteiger partial charge is 0.391 e. The minimum atomic E-state index is -5.04. The highest BCUT2D eigenvalue weighted by molar-refractivity contribution is 6.31. The van der Waals surface area contributed by atoms with Crippen molar-refractivity contribution in [1.82, 2.24) is 14.9 Å². The summed E-state index contributed by atoms with van der Waals surface area (Å²) in [6.45, 7) is 0.563. The number of fused-ring (bicyclic) bond motifs is 1. The standard InChI is InChI=1S/C27H19ClF6N4O3/c28-18-4-2-1-3-15(18)24(27(32,33)34)36-26(41)17-12-38(22-19(30)9-13(29)10-20(22)31)25-16(23(17)40)5-6-21(35-25)37-8-7-14(39)11-37/h1-6,9-10,12,14,24,39H,7-8,11H2,(H,36,41). The Bertz CT molecular complexity index is 1710. The fraction of sp³-hybridized carbons (Fsp3) is 0.222. The lowest BCUT2D eigenvalue weighted by Crippen LogP contribution is -2.40. The lowest BCUT2D eigenvalue weighted by atomic mass is 10.1. The van der Waals surface area contributed by atoms with Crippen LogP contribution in [0.25, 0.3) is 16.7 Å². The molecule has 7 nitrogen and oxygen atoms in total. The van der Waals surface area contributed by atoms with Gasteiger partial charge in [0.25, 0.3) is 5.91 Å². The molecule has 3 heterocycles. The van der Waals surface area contributed by atoms with Crippen molar-refractivity contribution >= 4 is 34.4 Å². The third-order valence-corrected chi connectivity index (χ3v) is 6.95. The number of pyridine rings is 2. The highest BCUT2D eigenvalue weighted by Gasteiger charge is 2.43. The van der Waals surface area contributed by atoms with Gasteiger partial charge in [-0.1, -0.05) is 29.8 Å². The molecule has 1 fully saturated rings. The molecule has 0 saturated carbocycles. The van der Waals surface area contributed by atoms with Crippen LogP contribution in [0.5, 0.6) is 0 Å². The minimum Gasteiger partial charge on any atom is -0.391 e. The third kappa shape index (κ3) is 5.46. The molecule has 0 radical (unpaired) electrons. The summed E-state index contributed by atoms with van der Waals surface area (Å²) in [6, 6.07) is 5.56. The fourth-order valence-electron chi connectivity index (χ4n) is 4.67. The normalized spacial score (nSPS) is 16.3. The lowest BCUT2D eigenvalue weighted by molar-refractivity contribution is -0.155. The number of carbonyl (C=O) groups is 1. The van der Waals surface area contributed by atoms with Gasteiger partial charge in [-0.2, -0.15) is 13.2 Å². The number of aromatic nitrogens is 2. The van der Waals surface area contributed by atoms with Gasteiger partial charge in [0.15, 0.2) is 23.3 Å². The number of benzene rings is 2. The summed E-state index contributed by atoms with van der Waals surface area (Å²) in [6.07, 6.45) is -4.64. The maximum Gasteiger partial charge on any atom is 0.412 e. The number of hydrogen-bond donors (Lipinski definition) is 2. The second kappa shape index (κ2) is 10.7. The molecule has 1 aliphatic heterocycles. The van der Waals surface area contributed by atoms with Gasteiger partial charge in [-0.3, -0.25) is 14.2 Å². The maximum atomic E-state index is 14.9. The van der Waals surface area contributed by atoms with Gasteiger partial charge in [-0.05, 0) is 24.6 Å². The number of halogens is 7. The van der Waals surface area contributed by atoms with Crippen LogP contribution in [0.2, 0.25) is 5.02 Å². The van der Waals surface area contributed by atoms with E-state index in [1.807, 2.05) is 0 Å². The van der Waals surface area contributed by atoms with Gasteiger partial charge in [0, 0.05) is 42.0 Å². The van der Waals surface area contributed by atoms with Crippen LogP contribution in [0.15, 0.2) is 59.5 Å². The van der Waals surface area contributed by atoms with Crippen LogP contribution in [-0.2, 0) is 0 Å². The van der Waals surface area contributed by atoms with Crippen molar-refractivity contribution in [2.75, 3.05) is 18.0 Å². The molecule has 14 heteroatoms. The van der Waals surface area contributed by atoms with Crippen molar-refractivity contribution < 1.29 is 36.2 Å². The molecule has 0 bridgehead atoms. The molecule has 1 amide bonds. The molecular formula is C27H19ClF6N4O3. The number of hydrogen-bond acceptors (Lipinski definition) is 5. The first kappa shape index (κ1) is 28.4. The van der Waals surface area contributed by atoms with Crippen LogP contribution in [0.4, 0.5) is 32.2 Å². The molecular weight excluding hydrogens is 578 g/mol. The molecule has 0 aliphatic carbocycles. The van der Waals surface area contributed by atoms with Crippen molar-refractivity contribution in [1.29, 1.82) is 0 Å². The van der Waals surface area contributed by atoms with E-state index in [4.69, 9.17) is 11.6 Å². The minimum absolute atomic E-state index is 0.184. The van der Waals surface area contributed by atoms with Crippen molar-refractivity contribution in [3.8, 4) is 5.69 Å². The Balaban J connectivity index is 1.69. The monoisotopic (exact) mass is 596 g/mol. The predicted octanol–water partition coefficient (Wildman–Crippen LogP) is 5.06. The Morgan fingerprint density at radius 1 is 1.10 bits per heavy atom. The van der Waals surface area contributed by atoms with E-state index in [0.29, 0.717) is 35.9 Å². The molecule has 1 saturated heterocycles. The summed E-state index contributed by atoms with van der Waals surface area (Å²) >= 11 is 5.94. The molecule has 0 spiro atoms. The van der Waals surface area contributed by atoms with E-state index < -0.39 is 63.9 Å². The van der Waals surface area contributed by atoms with Crippen LogP contribution in [0.3, 0.4) is 0 Å². The Hall–Kier alpha value is -4.10.